The summed E-state index contributed by atoms with van der Waals surface area (Å²) in [5.41, 5.74) is 0.235. The maximum atomic E-state index is 13.8. The predicted molar refractivity (Wildman–Crippen MR) is 108 cm³/mol. The molecule has 11 heteroatoms. The minimum atomic E-state index is -4.75. The molecule has 31 heavy (non-hydrogen) atoms. The third-order valence-electron chi connectivity index (χ3n) is 5.64. The number of carbonyl (C=O) groups is 2. The van der Waals surface area contributed by atoms with E-state index >= 15 is 0 Å². The van der Waals surface area contributed by atoms with E-state index < -0.39 is 30.5 Å². The molecule has 2 aliphatic carbocycles. The lowest BCUT2D eigenvalue weighted by molar-refractivity contribution is -0.157. The molecule has 1 aliphatic heterocycles. The van der Waals surface area contributed by atoms with E-state index in [1.165, 1.54) is 12.1 Å². The average Bonchev–Trinajstić information content (AvgIpc) is 3.63. The molecule has 2 aromatic rings. The van der Waals surface area contributed by atoms with E-state index in [4.69, 9.17) is 0 Å². The summed E-state index contributed by atoms with van der Waals surface area (Å²) in [5.74, 6) is -0.428. The van der Waals surface area contributed by atoms with Gasteiger partial charge in [0.25, 0.3) is 0 Å². The average molecular weight is 451 g/mol. The van der Waals surface area contributed by atoms with Crippen LogP contribution in [0.5, 0.6) is 0 Å². The van der Waals surface area contributed by atoms with E-state index in [9.17, 15) is 22.8 Å². The zero-order valence-electron chi connectivity index (χ0n) is 16.4. The normalized spacial score (nSPS) is 21.5. The summed E-state index contributed by atoms with van der Waals surface area (Å²) in [6, 6.07) is 4.13. The van der Waals surface area contributed by atoms with E-state index in [0.717, 1.165) is 43.3 Å². The highest BCUT2D eigenvalue weighted by Crippen LogP contribution is 2.46. The van der Waals surface area contributed by atoms with Crippen LogP contribution in [0.1, 0.15) is 49.9 Å². The molecular formula is C20H20F3N5O2S. The van der Waals surface area contributed by atoms with Gasteiger partial charge in [0.15, 0.2) is 5.16 Å². The van der Waals surface area contributed by atoms with Gasteiger partial charge in [-0.1, -0.05) is 23.9 Å². The second-order valence-corrected chi connectivity index (χ2v) is 9.04. The Kier molecular flexibility index (Phi) is 4.95. The molecule has 1 atom stereocenters. The number of fused-ring (bicyclic) bond motifs is 1. The number of carbonyl (C=O) groups excluding carboxylic acids is 2. The zero-order chi connectivity index (χ0) is 21.8. The van der Waals surface area contributed by atoms with Crippen LogP contribution in [-0.4, -0.2) is 44.5 Å². The van der Waals surface area contributed by atoms with Gasteiger partial charge in [0, 0.05) is 12.0 Å². The summed E-state index contributed by atoms with van der Waals surface area (Å²) in [6.45, 7) is 0. The van der Waals surface area contributed by atoms with Crippen LogP contribution in [0.2, 0.25) is 0 Å². The van der Waals surface area contributed by atoms with Gasteiger partial charge in [0.2, 0.25) is 11.8 Å². The molecule has 1 aromatic carbocycles. The van der Waals surface area contributed by atoms with Crippen molar-refractivity contribution in [2.75, 3.05) is 16.0 Å². The molecule has 3 aliphatic rings. The Morgan fingerprint density at radius 2 is 1.90 bits per heavy atom. The molecule has 0 bridgehead atoms. The van der Waals surface area contributed by atoms with Crippen LogP contribution in [0.15, 0.2) is 29.4 Å². The van der Waals surface area contributed by atoms with E-state index in [1.807, 2.05) is 0 Å². The first-order chi connectivity index (χ1) is 14.8. The molecule has 2 saturated carbocycles. The Hall–Kier alpha value is -2.56. The van der Waals surface area contributed by atoms with Crippen LogP contribution in [0.4, 0.5) is 24.5 Å². The van der Waals surface area contributed by atoms with E-state index in [0.29, 0.717) is 22.0 Å². The topological polar surface area (TPSA) is 80.1 Å². The minimum absolute atomic E-state index is 0.0450. The number of halogens is 3. The first kappa shape index (κ1) is 20.3. The Labute approximate surface area is 180 Å². The Morgan fingerprint density at radius 3 is 2.58 bits per heavy atom. The molecule has 2 fully saturated rings. The number of nitrogens with zero attached hydrogens (tertiary/aromatic N) is 4. The predicted octanol–water partition coefficient (Wildman–Crippen LogP) is 3.89. The Bertz CT molecular complexity index is 1030. The van der Waals surface area contributed by atoms with Crippen molar-refractivity contribution in [1.29, 1.82) is 0 Å². The van der Waals surface area contributed by atoms with Gasteiger partial charge in [-0.2, -0.15) is 13.2 Å². The van der Waals surface area contributed by atoms with Gasteiger partial charge in [0.05, 0.1) is 23.5 Å². The van der Waals surface area contributed by atoms with Crippen LogP contribution in [-0.2, 0) is 9.59 Å². The lowest BCUT2D eigenvalue weighted by Gasteiger charge is -2.31. The molecule has 1 N–H and O–H groups in total. The quantitative estimate of drug-likeness (QED) is 0.698. The van der Waals surface area contributed by atoms with Crippen molar-refractivity contribution in [2.45, 2.75) is 61.4 Å². The number of anilines is 2. The number of rotatable bonds is 5. The van der Waals surface area contributed by atoms with Crippen molar-refractivity contribution >= 4 is 35.0 Å². The third-order valence-corrected chi connectivity index (χ3v) is 6.57. The highest BCUT2D eigenvalue weighted by atomic mass is 32.2. The molecule has 0 spiro atoms. The van der Waals surface area contributed by atoms with Crippen molar-refractivity contribution in [3.8, 4) is 0 Å². The molecular weight excluding hydrogens is 431 g/mol. The van der Waals surface area contributed by atoms with E-state index in [2.05, 4.69) is 20.1 Å². The maximum Gasteiger partial charge on any atom is 0.409 e. The highest BCUT2D eigenvalue weighted by molar-refractivity contribution is 7.99. The molecule has 0 radical (unpaired) electrons. The van der Waals surface area contributed by atoms with Crippen LogP contribution < -0.4 is 10.2 Å². The van der Waals surface area contributed by atoms with Crippen molar-refractivity contribution in [1.82, 2.24) is 14.8 Å². The summed E-state index contributed by atoms with van der Waals surface area (Å²) in [7, 11) is 0. The van der Waals surface area contributed by atoms with Gasteiger partial charge in [0.1, 0.15) is 11.9 Å². The smallest absolute Gasteiger partial charge is 0.324 e. The number of para-hydroxylation sites is 2. The molecule has 164 valence electrons. The van der Waals surface area contributed by atoms with Crippen LogP contribution in [0.25, 0.3) is 0 Å². The summed E-state index contributed by atoms with van der Waals surface area (Å²) >= 11 is 1.10. The summed E-state index contributed by atoms with van der Waals surface area (Å²) < 4.78 is 43.6. The van der Waals surface area contributed by atoms with E-state index in [-0.39, 0.29) is 17.1 Å². The molecule has 7 nitrogen and oxygen atoms in total. The standard InChI is InChI=1S/C20H20F3N5O2S/c21-20(22,23)15-9-16(29)24-13-3-1-2-4-14(13)28(15)17(30)10-31-19-26-25-18(11-5-6-11)27(19)12-7-8-12/h1-4,11-12,15H,5-10H2,(H,24,29)/t15-/m0/s1. The number of nitrogens with one attached hydrogen (secondary N) is 1. The van der Waals surface area contributed by atoms with Gasteiger partial charge >= 0.3 is 6.18 Å². The van der Waals surface area contributed by atoms with Gasteiger partial charge in [-0.05, 0) is 37.8 Å². The van der Waals surface area contributed by atoms with Gasteiger partial charge in [-0.3, -0.25) is 14.5 Å². The largest absolute Gasteiger partial charge is 0.409 e. The minimum Gasteiger partial charge on any atom is -0.324 e. The molecule has 2 amide bonds. The number of hydrogen-bond acceptors (Lipinski definition) is 5. The summed E-state index contributed by atoms with van der Waals surface area (Å²) in [4.78, 5) is 25.9. The number of alkyl halides is 3. The maximum absolute atomic E-state index is 13.8. The fourth-order valence-corrected chi connectivity index (χ4v) is 4.75. The lowest BCUT2D eigenvalue weighted by Crippen LogP contribution is -2.50. The highest BCUT2D eigenvalue weighted by Gasteiger charge is 2.49. The van der Waals surface area contributed by atoms with Crippen molar-refractivity contribution < 1.29 is 22.8 Å². The molecule has 0 unspecified atom stereocenters. The second-order valence-electron chi connectivity index (χ2n) is 8.10. The molecule has 5 rings (SSSR count). The number of aromatic nitrogens is 3. The SMILES string of the molecule is O=C1C[C@@H](C(F)(F)F)N(C(=O)CSc2nnc(C3CC3)n2C2CC2)c2ccccc2N1. The number of amides is 2. The molecule has 1 aromatic heterocycles. The van der Waals surface area contributed by atoms with Crippen LogP contribution in [0, 0.1) is 0 Å². The van der Waals surface area contributed by atoms with Crippen molar-refractivity contribution in [3.63, 3.8) is 0 Å². The lowest BCUT2D eigenvalue weighted by atomic mass is 10.1. The number of hydrogen-bond donors (Lipinski definition) is 1. The Balaban J connectivity index is 1.42. The monoisotopic (exact) mass is 451 g/mol. The molecule has 0 saturated heterocycles. The van der Waals surface area contributed by atoms with Gasteiger partial charge in [-0.15, -0.1) is 10.2 Å². The first-order valence-electron chi connectivity index (χ1n) is 10.2. The van der Waals surface area contributed by atoms with Gasteiger partial charge < -0.3 is 9.88 Å². The summed E-state index contributed by atoms with van der Waals surface area (Å²) in [5, 5.41) is 11.5. The first-order valence-corrected chi connectivity index (χ1v) is 11.2. The Morgan fingerprint density at radius 1 is 1.16 bits per heavy atom. The fourth-order valence-electron chi connectivity index (χ4n) is 3.87. The van der Waals surface area contributed by atoms with Gasteiger partial charge in [-0.25, -0.2) is 0 Å². The van der Waals surface area contributed by atoms with Crippen molar-refractivity contribution in [2.24, 2.45) is 0 Å². The zero-order valence-corrected chi connectivity index (χ0v) is 17.2. The molecule has 2 heterocycles. The summed E-state index contributed by atoms with van der Waals surface area (Å²) in [6.07, 6.45) is -1.44. The fraction of sp³-hybridized carbons (Fsp3) is 0.500. The van der Waals surface area contributed by atoms with E-state index in [1.54, 1.807) is 12.1 Å². The van der Waals surface area contributed by atoms with Crippen LogP contribution >= 0.6 is 11.8 Å². The third kappa shape index (κ3) is 4.02. The number of thioether (sulfide) groups is 1. The van der Waals surface area contributed by atoms with Crippen molar-refractivity contribution in [3.05, 3.63) is 30.1 Å². The number of benzene rings is 1. The van der Waals surface area contributed by atoms with Crippen LogP contribution in [0.3, 0.4) is 0 Å². The second kappa shape index (κ2) is 7.54.